The number of carbonyl (C=O) groups excluding carboxylic acids is 1. The predicted octanol–water partition coefficient (Wildman–Crippen LogP) is 4.62. The molecule has 0 aliphatic heterocycles. The zero-order valence-corrected chi connectivity index (χ0v) is 17.0. The van der Waals surface area contributed by atoms with Crippen LogP contribution in [0.2, 0.25) is 5.02 Å². The number of nitrogens with zero attached hydrogens (tertiary/aromatic N) is 1. The summed E-state index contributed by atoms with van der Waals surface area (Å²) in [5.74, 6) is -1.30. The lowest BCUT2D eigenvalue weighted by Crippen LogP contribution is -2.38. The number of anilines is 2. The smallest absolute Gasteiger partial charge is 0.264 e. The van der Waals surface area contributed by atoms with E-state index < -0.39 is 28.3 Å². The molecule has 3 rings (SSSR count). The minimum atomic E-state index is -4.07. The third-order valence-electron chi connectivity index (χ3n) is 4.21. The number of benzene rings is 3. The van der Waals surface area contributed by atoms with Crippen LogP contribution in [0.3, 0.4) is 0 Å². The number of sulfonamides is 1. The number of aryl methyl sites for hydroxylation is 1. The second-order valence-corrected chi connectivity index (χ2v) is 8.58. The van der Waals surface area contributed by atoms with Crippen molar-refractivity contribution in [3.63, 3.8) is 0 Å². The van der Waals surface area contributed by atoms with Crippen molar-refractivity contribution < 1.29 is 17.6 Å². The minimum Gasteiger partial charge on any atom is -0.322 e. The average Bonchev–Trinajstić information content (AvgIpc) is 2.70. The van der Waals surface area contributed by atoms with Crippen molar-refractivity contribution in [3.8, 4) is 0 Å². The lowest BCUT2D eigenvalue weighted by Gasteiger charge is -2.26. The molecule has 0 saturated heterocycles. The van der Waals surface area contributed by atoms with E-state index in [9.17, 15) is 17.6 Å². The Bertz CT molecular complexity index is 1140. The van der Waals surface area contributed by atoms with Crippen LogP contribution in [0.25, 0.3) is 0 Å². The van der Waals surface area contributed by atoms with Gasteiger partial charge < -0.3 is 5.32 Å². The summed E-state index contributed by atoms with van der Waals surface area (Å²) in [6, 6.07) is 18.2. The highest BCUT2D eigenvalue weighted by molar-refractivity contribution is 7.92. The van der Waals surface area contributed by atoms with Crippen LogP contribution in [0, 0.1) is 12.7 Å². The van der Waals surface area contributed by atoms with Crippen LogP contribution in [0.4, 0.5) is 15.8 Å². The van der Waals surface area contributed by atoms with Gasteiger partial charge in [0.15, 0.2) is 0 Å². The third-order valence-corrected chi connectivity index (χ3v) is 6.22. The molecule has 0 heterocycles. The molecular formula is C21H18ClFN2O3S. The molecule has 0 radical (unpaired) electrons. The van der Waals surface area contributed by atoms with Crippen LogP contribution in [0.5, 0.6) is 0 Å². The SMILES string of the molecule is Cc1ccc(Cl)cc1N(CC(=O)Nc1ccccc1F)S(=O)(=O)c1ccccc1. The number of para-hydroxylation sites is 1. The third kappa shape index (κ3) is 4.75. The highest BCUT2D eigenvalue weighted by Gasteiger charge is 2.28. The largest absolute Gasteiger partial charge is 0.322 e. The molecule has 0 aliphatic rings. The van der Waals surface area contributed by atoms with Crippen molar-refractivity contribution >= 4 is 38.9 Å². The van der Waals surface area contributed by atoms with E-state index in [1.54, 1.807) is 43.3 Å². The fraction of sp³-hybridized carbons (Fsp3) is 0.0952. The van der Waals surface area contributed by atoms with Gasteiger partial charge in [-0.2, -0.15) is 0 Å². The molecule has 0 aliphatic carbocycles. The van der Waals surface area contributed by atoms with Gasteiger partial charge in [0.1, 0.15) is 12.4 Å². The normalized spacial score (nSPS) is 11.1. The summed E-state index contributed by atoms with van der Waals surface area (Å²) in [5.41, 5.74) is 0.856. The molecule has 29 heavy (non-hydrogen) atoms. The first-order valence-corrected chi connectivity index (χ1v) is 10.5. The Morgan fingerprint density at radius 2 is 1.69 bits per heavy atom. The summed E-state index contributed by atoms with van der Waals surface area (Å²) in [7, 11) is -4.07. The number of hydrogen-bond acceptors (Lipinski definition) is 3. The second kappa shape index (κ2) is 8.63. The van der Waals surface area contributed by atoms with E-state index in [1.807, 2.05) is 0 Å². The molecule has 0 spiro atoms. The summed E-state index contributed by atoms with van der Waals surface area (Å²) in [4.78, 5) is 12.6. The summed E-state index contributed by atoms with van der Waals surface area (Å²) in [6.07, 6.45) is 0. The molecule has 0 fully saturated rings. The molecule has 8 heteroatoms. The number of hydrogen-bond donors (Lipinski definition) is 1. The molecule has 0 unspecified atom stereocenters. The van der Waals surface area contributed by atoms with Crippen molar-refractivity contribution in [2.24, 2.45) is 0 Å². The molecule has 0 aromatic heterocycles. The number of carbonyl (C=O) groups is 1. The summed E-state index contributed by atoms with van der Waals surface area (Å²) in [5, 5.41) is 2.74. The minimum absolute atomic E-state index is 0.0260. The maximum absolute atomic E-state index is 13.9. The van der Waals surface area contributed by atoms with Gasteiger partial charge in [0.2, 0.25) is 5.91 Å². The van der Waals surface area contributed by atoms with Gasteiger partial charge in [-0.25, -0.2) is 12.8 Å². The van der Waals surface area contributed by atoms with Crippen LogP contribution in [-0.4, -0.2) is 20.9 Å². The fourth-order valence-electron chi connectivity index (χ4n) is 2.75. The molecular weight excluding hydrogens is 415 g/mol. The zero-order chi connectivity index (χ0) is 21.0. The van der Waals surface area contributed by atoms with Crippen molar-refractivity contribution in [3.05, 3.63) is 89.2 Å². The van der Waals surface area contributed by atoms with Crippen LogP contribution in [0.15, 0.2) is 77.7 Å². The number of amides is 1. The molecule has 5 nitrogen and oxygen atoms in total. The van der Waals surface area contributed by atoms with E-state index in [2.05, 4.69) is 5.32 Å². The lowest BCUT2D eigenvalue weighted by atomic mass is 10.2. The van der Waals surface area contributed by atoms with Crippen LogP contribution in [0.1, 0.15) is 5.56 Å². The lowest BCUT2D eigenvalue weighted by molar-refractivity contribution is -0.114. The van der Waals surface area contributed by atoms with Gasteiger partial charge in [0, 0.05) is 5.02 Å². The number of rotatable bonds is 6. The van der Waals surface area contributed by atoms with Crippen LogP contribution in [-0.2, 0) is 14.8 Å². The van der Waals surface area contributed by atoms with E-state index in [1.165, 1.54) is 36.4 Å². The Balaban J connectivity index is 2.00. The molecule has 1 N–H and O–H groups in total. The molecule has 1 amide bonds. The monoisotopic (exact) mass is 432 g/mol. The average molecular weight is 433 g/mol. The van der Waals surface area contributed by atoms with Gasteiger partial charge in [-0.05, 0) is 48.9 Å². The van der Waals surface area contributed by atoms with E-state index in [0.717, 1.165) is 4.31 Å². The van der Waals surface area contributed by atoms with Crippen LogP contribution >= 0.6 is 11.6 Å². The summed E-state index contributed by atoms with van der Waals surface area (Å²) >= 11 is 6.07. The molecule has 0 bridgehead atoms. The molecule has 3 aromatic rings. The Hall–Kier alpha value is -2.90. The van der Waals surface area contributed by atoms with Gasteiger partial charge >= 0.3 is 0 Å². The predicted molar refractivity (Wildman–Crippen MR) is 112 cm³/mol. The van der Waals surface area contributed by atoms with Gasteiger partial charge in [0.25, 0.3) is 10.0 Å². The highest BCUT2D eigenvalue weighted by Crippen LogP contribution is 2.29. The van der Waals surface area contributed by atoms with Crippen molar-refractivity contribution in [1.29, 1.82) is 0 Å². The molecule has 0 saturated carbocycles. The number of nitrogens with one attached hydrogen (secondary N) is 1. The summed E-state index contributed by atoms with van der Waals surface area (Å²) in [6.45, 7) is 1.17. The number of halogens is 2. The van der Waals surface area contributed by atoms with Gasteiger partial charge in [0.05, 0.1) is 16.3 Å². The fourth-order valence-corrected chi connectivity index (χ4v) is 4.42. The zero-order valence-electron chi connectivity index (χ0n) is 15.5. The van der Waals surface area contributed by atoms with E-state index in [-0.39, 0.29) is 16.3 Å². The molecule has 0 atom stereocenters. The van der Waals surface area contributed by atoms with Crippen molar-refractivity contribution in [2.45, 2.75) is 11.8 Å². The van der Waals surface area contributed by atoms with E-state index in [4.69, 9.17) is 11.6 Å². The van der Waals surface area contributed by atoms with E-state index >= 15 is 0 Å². The quantitative estimate of drug-likeness (QED) is 0.618. The van der Waals surface area contributed by atoms with Gasteiger partial charge in [-0.15, -0.1) is 0 Å². The Kier molecular flexibility index (Phi) is 6.20. The van der Waals surface area contributed by atoms with Gasteiger partial charge in [-0.1, -0.05) is 48.0 Å². The first-order chi connectivity index (χ1) is 13.8. The first-order valence-electron chi connectivity index (χ1n) is 8.67. The molecule has 150 valence electrons. The Morgan fingerprint density at radius 3 is 2.38 bits per heavy atom. The molecule has 3 aromatic carbocycles. The first kappa shape index (κ1) is 20.8. The van der Waals surface area contributed by atoms with Crippen LogP contribution < -0.4 is 9.62 Å². The maximum Gasteiger partial charge on any atom is 0.264 e. The highest BCUT2D eigenvalue weighted by atomic mass is 35.5. The van der Waals surface area contributed by atoms with E-state index in [0.29, 0.717) is 10.6 Å². The Labute approximate surface area is 173 Å². The Morgan fingerprint density at radius 1 is 1.03 bits per heavy atom. The summed E-state index contributed by atoms with van der Waals surface area (Å²) < 4.78 is 41.4. The van der Waals surface area contributed by atoms with Crippen molar-refractivity contribution in [2.75, 3.05) is 16.2 Å². The maximum atomic E-state index is 13.9. The topological polar surface area (TPSA) is 66.5 Å². The second-order valence-electron chi connectivity index (χ2n) is 6.28. The van der Waals surface area contributed by atoms with Gasteiger partial charge in [-0.3, -0.25) is 9.10 Å². The van der Waals surface area contributed by atoms with Crippen molar-refractivity contribution in [1.82, 2.24) is 0 Å². The standard InChI is InChI=1S/C21H18ClFN2O3S/c1-15-11-12-16(22)13-20(15)25(29(27,28)17-7-3-2-4-8-17)14-21(26)24-19-10-6-5-9-18(19)23/h2-13H,14H2,1H3,(H,24,26).